The summed E-state index contributed by atoms with van der Waals surface area (Å²) in [4.78, 5) is 5.57. The van der Waals surface area contributed by atoms with Crippen molar-refractivity contribution in [1.29, 1.82) is 0 Å². The van der Waals surface area contributed by atoms with Crippen LogP contribution in [0.4, 0.5) is 0 Å². The Bertz CT molecular complexity index is 1070. The quantitative estimate of drug-likeness (QED) is 0.538. The lowest BCUT2D eigenvalue weighted by atomic mass is 10.2. The number of aromatic nitrogens is 1. The van der Waals surface area contributed by atoms with Crippen LogP contribution in [-0.4, -0.2) is 23.7 Å². The van der Waals surface area contributed by atoms with Crippen molar-refractivity contribution in [3.05, 3.63) is 62.7 Å². The van der Waals surface area contributed by atoms with Gasteiger partial charge in [-0.05, 0) is 43.7 Å². The molecule has 0 radical (unpaired) electrons. The summed E-state index contributed by atoms with van der Waals surface area (Å²) < 4.78 is 13.7. The molecule has 0 saturated carbocycles. The molecule has 5 nitrogen and oxygen atoms in total. The summed E-state index contributed by atoms with van der Waals surface area (Å²) in [7, 11) is 0. The highest BCUT2D eigenvalue weighted by Crippen LogP contribution is 2.32. The Balaban J connectivity index is 1.78. The fraction of sp³-hybridized carbons (Fsp3) is 0.200. The van der Waals surface area contributed by atoms with Gasteiger partial charge in [-0.15, -0.1) is 11.3 Å². The maximum atomic E-state index is 5.45. The molecular weight excluding hydrogens is 426 g/mol. The van der Waals surface area contributed by atoms with E-state index >= 15 is 0 Å². The van der Waals surface area contributed by atoms with E-state index in [1.165, 1.54) is 0 Å². The second-order valence-electron chi connectivity index (χ2n) is 6.28. The molecule has 0 unspecified atom stereocenters. The molecule has 1 aliphatic heterocycles. The van der Waals surface area contributed by atoms with Crippen LogP contribution in [0.15, 0.2) is 62.4 Å². The molecule has 0 fully saturated rings. The van der Waals surface area contributed by atoms with E-state index in [9.17, 15) is 0 Å². The van der Waals surface area contributed by atoms with E-state index in [0.717, 1.165) is 37.6 Å². The van der Waals surface area contributed by atoms with Crippen LogP contribution in [0.1, 0.15) is 19.4 Å². The normalized spacial score (nSPS) is 13.9. The van der Waals surface area contributed by atoms with Crippen LogP contribution in [-0.2, 0) is 0 Å². The number of benzene rings is 2. The van der Waals surface area contributed by atoms with Gasteiger partial charge in [0.05, 0.1) is 11.9 Å². The van der Waals surface area contributed by atoms with Gasteiger partial charge in [-0.25, -0.2) is 4.68 Å². The van der Waals surface area contributed by atoms with Gasteiger partial charge in [-0.3, -0.25) is 4.99 Å². The molecule has 0 bridgehead atoms. The van der Waals surface area contributed by atoms with E-state index in [1.54, 1.807) is 11.3 Å². The number of ether oxygens (including phenoxy) is 2. The minimum Gasteiger partial charge on any atom is -0.454 e. The number of fused-ring (bicyclic) bond motifs is 1. The highest BCUT2D eigenvalue weighted by atomic mass is 79.9. The standard InChI is InChI=1S/C20H18BrN3O2S/c1-13(2)23-20-24(17(11-27-20)15-5-3-4-6-16(15)21)22-10-14-7-8-18-19(9-14)26-12-25-18/h3-11,13H,12H2,1-2H3. The second kappa shape index (κ2) is 7.70. The van der Waals surface area contributed by atoms with Crippen LogP contribution in [0.5, 0.6) is 11.5 Å². The van der Waals surface area contributed by atoms with E-state index in [4.69, 9.17) is 19.6 Å². The molecule has 2 aromatic carbocycles. The van der Waals surface area contributed by atoms with Gasteiger partial charge in [0.25, 0.3) is 0 Å². The first-order valence-electron chi connectivity index (χ1n) is 8.55. The Morgan fingerprint density at radius 3 is 2.78 bits per heavy atom. The third kappa shape index (κ3) is 3.84. The van der Waals surface area contributed by atoms with Crippen molar-refractivity contribution >= 4 is 33.5 Å². The maximum absolute atomic E-state index is 5.45. The fourth-order valence-electron chi connectivity index (χ4n) is 2.69. The summed E-state index contributed by atoms with van der Waals surface area (Å²) in [6.07, 6.45) is 1.81. The smallest absolute Gasteiger partial charge is 0.231 e. The molecule has 2 heterocycles. The lowest BCUT2D eigenvalue weighted by Gasteiger charge is -2.06. The first kappa shape index (κ1) is 18.0. The molecule has 3 aromatic rings. The van der Waals surface area contributed by atoms with Crippen LogP contribution in [0.25, 0.3) is 11.3 Å². The summed E-state index contributed by atoms with van der Waals surface area (Å²) in [5, 5.41) is 6.81. The molecule has 138 valence electrons. The molecule has 0 N–H and O–H groups in total. The predicted octanol–water partition coefficient (Wildman–Crippen LogP) is 4.90. The zero-order valence-corrected chi connectivity index (χ0v) is 17.3. The van der Waals surface area contributed by atoms with Crippen molar-refractivity contribution in [2.24, 2.45) is 10.1 Å². The predicted molar refractivity (Wildman–Crippen MR) is 112 cm³/mol. The van der Waals surface area contributed by atoms with Gasteiger partial charge in [0.1, 0.15) is 0 Å². The Morgan fingerprint density at radius 1 is 1.15 bits per heavy atom. The topological polar surface area (TPSA) is 48.1 Å². The van der Waals surface area contributed by atoms with Crippen LogP contribution in [0.2, 0.25) is 0 Å². The number of halogens is 1. The first-order chi connectivity index (χ1) is 13.1. The average molecular weight is 444 g/mol. The zero-order chi connectivity index (χ0) is 18.8. The van der Waals surface area contributed by atoms with Gasteiger partial charge in [-0.2, -0.15) is 5.10 Å². The minimum absolute atomic E-state index is 0.183. The summed E-state index contributed by atoms with van der Waals surface area (Å²) >= 11 is 5.22. The molecule has 1 aromatic heterocycles. The third-order valence-corrected chi connectivity index (χ3v) is 5.44. The second-order valence-corrected chi connectivity index (χ2v) is 7.97. The summed E-state index contributed by atoms with van der Waals surface area (Å²) in [5.41, 5.74) is 3.00. The maximum Gasteiger partial charge on any atom is 0.231 e. The van der Waals surface area contributed by atoms with Gasteiger partial charge in [0.15, 0.2) is 11.5 Å². The fourth-order valence-corrected chi connectivity index (χ4v) is 4.14. The molecular formula is C20H18BrN3O2S. The molecule has 27 heavy (non-hydrogen) atoms. The Hall–Kier alpha value is -2.38. The van der Waals surface area contributed by atoms with Gasteiger partial charge >= 0.3 is 0 Å². The number of hydrogen-bond acceptors (Lipinski definition) is 5. The van der Waals surface area contributed by atoms with Gasteiger partial charge in [-0.1, -0.05) is 34.1 Å². The average Bonchev–Trinajstić information content (AvgIpc) is 3.26. The van der Waals surface area contributed by atoms with E-state index in [1.807, 2.05) is 47.3 Å². The Labute approximate surface area is 169 Å². The molecule has 1 aliphatic rings. The largest absolute Gasteiger partial charge is 0.454 e. The molecule has 0 atom stereocenters. The molecule has 4 rings (SSSR count). The van der Waals surface area contributed by atoms with Crippen molar-refractivity contribution in [2.45, 2.75) is 19.9 Å². The number of nitrogens with zero attached hydrogens (tertiary/aromatic N) is 3. The SMILES string of the molecule is CC(C)N=c1scc(-c2ccccc2Br)n1N=Cc1ccc2c(c1)OCO2. The van der Waals surface area contributed by atoms with Crippen molar-refractivity contribution in [3.63, 3.8) is 0 Å². The van der Waals surface area contributed by atoms with Crippen LogP contribution in [0.3, 0.4) is 0 Å². The highest BCUT2D eigenvalue weighted by molar-refractivity contribution is 9.10. The number of hydrogen-bond donors (Lipinski definition) is 0. The molecule has 0 amide bonds. The van der Waals surface area contributed by atoms with Crippen molar-refractivity contribution in [2.75, 3.05) is 6.79 Å². The lowest BCUT2D eigenvalue weighted by molar-refractivity contribution is 0.174. The number of rotatable bonds is 4. The van der Waals surface area contributed by atoms with Crippen molar-refractivity contribution in [3.8, 4) is 22.8 Å². The van der Waals surface area contributed by atoms with Gasteiger partial charge in [0, 0.05) is 21.5 Å². The van der Waals surface area contributed by atoms with Crippen molar-refractivity contribution < 1.29 is 9.47 Å². The van der Waals surface area contributed by atoms with Crippen LogP contribution in [0, 0.1) is 0 Å². The van der Waals surface area contributed by atoms with Gasteiger partial charge in [0.2, 0.25) is 11.6 Å². The molecule has 0 aliphatic carbocycles. The highest BCUT2D eigenvalue weighted by Gasteiger charge is 2.13. The van der Waals surface area contributed by atoms with Crippen molar-refractivity contribution in [1.82, 2.24) is 4.68 Å². The minimum atomic E-state index is 0.183. The van der Waals surface area contributed by atoms with E-state index in [2.05, 4.69) is 41.2 Å². The zero-order valence-electron chi connectivity index (χ0n) is 14.9. The van der Waals surface area contributed by atoms with Crippen LogP contribution >= 0.6 is 27.3 Å². The van der Waals surface area contributed by atoms with E-state index < -0.39 is 0 Å². The molecule has 7 heteroatoms. The monoisotopic (exact) mass is 443 g/mol. The third-order valence-electron chi connectivity index (χ3n) is 3.92. The summed E-state index contributed by atoms with van der Waals surface area (Å²) in [5.74, 6) is 1.51. The molecule has 0 spiro atoms. The first-order valence-corrected chi connectivity index (χ1v) is 10.2. The lowest BCUT2D eigenvalue weighted by Crippen LogP contribution is -2.14. The Morgan fingerprint density at radius 2 is 1.96 bits per heavy atom. The summed E-state index contributed by atoms with van der Waals surface area (Å²) in [6.45, 7) is 4.38. The van der Waals surface area contributed by atoms with E-state index in [-0.39, 0.29) is 12.8 Å². The van der Waals surface area contributed by atoms with Gasteiger partial charge < -0.3 is 9.47 Å². The van der Waals surface area contributed by atoms with Crippen LogP contribution < -0.4 is 14.3 Å². The number of thiazole rings is 1. The molecule has 0 saturated heterocycles. The Kier molecular flexibility index (Phi) is 5.13. The summed E-state index contributed by atoms with van der Waals surface area (Å²) in [6, 6.07) is 14.1. The van der Waals surface area contributed by atoms with E-state index in [0.29, 0.717) is 0 Å².